The molecule has 112 valence electrons. The fourth-order valence-corrected chi connectivity index (χ4v) is 2.47. The van der Waals surface area contributed by atoms with Crippen molar-refractivity contribution in [2.24, 2.45) is 0 Å². The summed E-state index contributed by atoms with van der Waals surface area (Å²) in [6.07, 6.45) is 10.6. The first-order valence-electron chi connectivity index (χ1n) is 6.60. The second-order valence-electron chi connectivity index (χ2n) is 4.49. The lowest BCUT2D eigenvalue weighted by Gasteiger charge is -2.15. The van der Waals surface area contributed by atoms with Crippen molar-refractivity contribution >= 4 is 17.7 Å². The Bertz CT molecular complexity index is 587. The molecule has 1 aliphatic carbocycles. The largest absolute Gasteiger partial charge is 0.470 e. The second kappa shape index (κ2) is 7.26. The van der Waals surface area contributed by atoms with Crippen LogP contribution in [0, 0.1) is 5.82 Å². The van der Waals surface area contributed by atoms with E-state index in [1.54, 1.807) is 11.8 Å². The summed E-state index contributed by atoms with van der Waals surface area (Å²) in [6, 6.07) is 1.13. The Hall–Kier alpha value is -1.82. The predicted molar refractivity (Wildman–Crippen MR) is 82.0 cm³/mol. The number of thioether (sulfide) groups is 1. The number of pyridine rings is 1. The minimum absolute atomic E-state index is 0.105. The van der Waals surface area contributed by atoms with Gasteiger partial charge in [0.25, 0.3) is 5.91 Å². The van der Waals surface area contributed by atoms with Gasteiger partial charge in [-0.25, -0.2) is 9.37 Å². The molecule has 0 saturated heterocycles. The fraction of sp³-hybridized carbons (Fsp3) is 0.333. The standard InChI is InChI=1S/C15H17FN2O2S/c1-17-14(19)13-8-10(16)9-18-15(13)20-11-4-3-5-12(21-2)7-6-11/h5-9,11H,3-4H2,1-2H3,(H,17,19). The van der Waals surface area contributed by atoms with Crippen LogP contribution in [0.25, 0.3) is 0 Å². The Kier molecular flexibility index (Phi) is 5.38. The smallest absolute Gasteiger partial charge is 0.256 e. The van der Waals surface area contributed by atoms with Crippen LogP contribution >= 0.6 is 11.8 Å². The SMILES string of the molecule is CNC(=O)c1cc(F)cnc1OC1C=CC(SC)=CCC1. The van der Waals surface area contributed by atoms with E-state index in [4.69, 9.17) is 4.74 Å². The van der Waals surface area contributed by atoms with E-state index >= 15 is 0 Å². The average Bonchev–Trinajstić information content (AvgIpc) is 2.73. The molecule has 0 aromatic carbocycles. The highest BCUT2D eigenvalue weighted by Crippen LogP contribution is 2.23. The van der Waals surface area contributed by atoms with Crippen molar-refractivity contribution in [2.45, 2.75) is 18.9 Å². The van der Waals surface area contributed by atoms with Crippen molar-refractivity contribution in [1.29, 1.82) is 0 Å². The molecule has 4 nitrogen and oxygen atoms in total. The summed E-state index contributed by atoms with van der Waals surface area (Å²) in [4.78, 5) is 16.8. The van der Waals surface area contributed by atoms with Crippen LogP contribution in [-0.2, 0) is 0 Å². The number of nitrogens with one attached hydrogen (secondary N) is 1. The number of halogens is 1. The third-order valence-corrected chi connectivity index (χ3v) is 3.83. The van der Waals surface area contributed by atoms with E-state index in [2.05, 4.69) is 16.4 Å². The lowest BCUT2D eigenvalue weighted by atomic mass is 10.2. The lowest BCUT2D eigenvalue weighted by molar-refractivity contribution is 0.0955. The number of allylic oxidation sites excluding steroid dienone is 2. The molecule has 2 rings (SSSR count). The molecule has 1 unspecified atom stereocenters. The van der Waals surface area contributed by atoms with Gasteiger partial charge < -0.3 is 10.1 Å². The number of carbonyl (C=O) groups is 1. The maximum atomic E-state index is 13.3. The average molecular weight is 308 g/mol. The maximum absolute atomic E-state index is 13.3. The number of rotatable bonds is 4. The summed E-state index contributed by atoms with van der Waals surface area (Å²) in [6.45, 7) is 0. The molecule has 1 aromatic heterocycles. The summed E-state index contributed by atoms with van der Waals surface area (Å²) >= 11 is 1.67. The predicted octanol–water partition coefficient (Wildman–Crippen LogP) is 2.92. The minimum atomic E-state index is -0.566. The Morgan fingerprint density at radius 2 is 2.38 bits per heavy atom. The van der Waals surface area contributed by atoms with Gasteiger partial charge in [-0.05, 0) is 37.3 Å². The van der Waals surface area contributed by atoms with Gasteiger partial charge in [-0.3, -0.25) is 4.79 Å². The van der Waals surface area contributed by atoms with Crippen LogP contribution in [0.1, 0.15) is 23.2 Å². The van der Waals surface area contributed by atoms with Crippen LogP contribution in [0.15, 0.2) is 35.4 Å². The molecule has 0 fully saturated rings. The molecule has 0 spiro atoms. The normalized spacial score (nSPS) is 17.9. The first-order chi connectivity index (χ1) is 10.1. The van der Waals surface area contributed by atoms with Gasteiger partial charge in [-0.15, -0.1) is 11.8 Å². The van der Waals surface area contributed by atoms with Gasteiger partial charge in [-0.1, -0.05) is 6.08 Å². The first kappa shape index (κ1) is 15.6. The zero-order valence-corrected chi connectivity index (χ0v) is 12.7. The number of ether oxygens (including phenoxy) is 1. The van der Waals surface area contributed by atoms with Gasteiger partial charge in [-0.2, -0.15) is 0 Å². The maximum Gasteiger partial charge on any atom is 0.256 e. The Labute approximate surface area is 127 Å². The lowest BCUT2D eigenvalue weighted by Crippen LogP contribution is -2.22. The van der Waals surface area contributed by atoms with Crippen LogP contribution in [0.5, 0.6) is 5.88 Å². The molecule has 1 aromatic rings. The summed E-state index contributed by atoms with van der Waals surface area (Å²) < 4.78 is 19.0. The van der Waals surface area contributed by atoms with Crippen LogP contribution < -0.4 is 10.1 Å². The molecule has 0 aliphatic heterocycles. The van der Waals surface area contributed by atoms with E-state index in [1.165, 1.54) is 12.0 Å². The zero-order chi connectivity index (χ0) is 15.2. The molecule has 1 atom stereocenters. The number of hydrogen-bond donors (Lipinski definition) is 1. The van der Waals surface area contributed by atoms with Crippen molar-refractivity contribution in [3.63, 3.8) is 0 Å². The van der Waals surface area contributed by atoms with E-state index in [9.17, 15) is 9.18 Å². The summed E-state index contributed by atoms with van der Waals surface area (Å²) in [5.41, 5.74) is 0.105. The number of hydrogen-bond acceptors (Lipinski definition) is 4. The van der Waals surface area contributed by atoms with Gasteiger partial charge in [0.2, 0.25) is 5.88 Å². The molecular weight excluding hydrogens is 291 g/mol. The molecule has 0 bridgehead atoms. The Morgan fingerprint density at radius 1 is 1.57 bits per heavy atom. The van der Waals surface area contributed by atoms with Gasteiger partial charge in [0.05, 0.1) is 6.20 Å². The van der Waals surface area contributed by atoms with Crippen LogP contribution in [0.2, 0.25) is 0 Å². The van der Waals surface area contributed by atoms with Crippen molar-refractivity contribution in [2.75, 3.05) is 13.3 Å². The summed E-state index contributed by atoms with van der Waals surface area (Å²) in [7, 11) is 1.48. The quantitative estimate of drug-likeness (QED) is 0.929. The van der Waals surface area contributed by atoms with Crippen LogP contribution in [0.4, 0.5) is 4.39 Å². The molecule has 1 aliphatic rings. The fourth-order valence-electron chi connectivity index (χ4n) is 1.97. The molecule has 1 amide bonds. The van der Waals surface area contributed by atoms with Crippen molar-refractivity contribution < 1.29 is 13.9 Å². The molecule has 0 saturated carbocycles. The van der Waals surface area contributed by atoms with Gasteiger partial charge >= 0.3 is 0 Å². The number of aromatic nitrogens is 1. The summed E-state index contributed by atoms with van der Waals surface area (Å²) in [5, 5.41) is 2.46. The van der Waals surface area contributed by atoms with E-state index in [0.29, 0.717) is 0 Å². The van der Waals surface area contributed by atoms with Gasteiger partial charge in [0.15, 0.2) is 0 Å². The molecule has 6 heteroatoms. The highest BCUT2D eigenvalue weighted by molar-refractivity contribution is 8.02. The molecule has 1 N–H and O–H groups in total. The van der Waals surface area contributed by atoms with E-state index in [1.807, 2.05) is 18.4 Å². The van der Waals surface area contributed by atoms with Gasteiger partial charge in [0.1, 0.15) is 17.5 Å². The van der Waals surface area contributed by atoms with Crippen molar-refractivity contribution in [1.82, 2.24) is 10.3 Å². The topological polar surface area (TPSA) is 51.2 Å². The number of amides is 1. The van der Waals surface area contributed by atoms with E-state index in [-0.39, 0.29) is 17.5 Å². The highest BCUT2D eigenvalue weighted by atomic mass is 32.2. The van der Waals surface area contributed by atoms with Gasteiger partial charge in [0, 0.05) is 12.0 Å². The molecule has 0 radical (unpaired) electrons. The molecule has 21 heavy (non-hydrogen) atoms. The van der Waals surface area contributed by atoms with E-state index in [0.717, 1.165) is 25.1 Å². The summed E-state index contributed by atoms with van der Waals surface area (Å²) in [5.74, 6) is -0.834. The molecular formula is C15H17FN2O2S. The Morgan fingerprint density at radius 3 is 3.10 bits per heavy atom. The third-order valence-electron chi connectivity index (χ3n) is 3.06. The highest BCUT2D eigenvalue weighted by Gasteiger charge is 2.18. The minimum Gasteiger partial charge on any atom is -0.470 e. The van der Waals surface area contributed by atoms with Crippen LogP contribution in [-0.4, -0.2) is 30.3 Å². The monoisotopic (exact) mass is 308 g/mol. The third kappa shape index (κ3) is 4.07. The zero-order valence-electron chi connectivity index (χ0n) is 11.9. The van der Waals surface area contributed by atoms with Crippen molar-refractivity contribution in [3.05, 3.63) is 46.8 Å². The van der Waals surface area contributed by atoms with E-state index < -0.39 is 11.7 Å². The van der Waals surface area contributed by atoms with Crippen molar-refractivity contribution in [3.8, 4) is 5.88 Å². The van der Waals surface area contributed by atoms with Crippen LogP contribution in [0.3, 0.4) is 0 Å². The number of nitrogens with zero attached hydrogens (tertiary/aromatic N) is 1. The first-order valence-corrected chi connectivity index (χ1v) is 7.83. The second-order valence-corrected chi connectivity index (χ2v) is 5.37. The molecule has 1 heterocycles. The number of carbonyl (C=O) groups excluding carboxylic acids is 1. The Balaban J connectivity index is 2.18.